The summed E-state index contributed by atoms with van der Waals surface area (Å²) in [6, 6.07) is 6.19. The highest BCUT2D eigenvalue weighted by Crippen LogP contribution is 2.31. The molecule has 0 atom stereocenters. The van der Waals surface area contributed by atoms with Crippen molar-refractivity contribution in [2.24, 2.45) is 5.73 Å². The van der Waals surface area contributed by atoms with Gasteiger partial charge in [0.15, 0.2) is 0 Å². The smallest absolute Gasteiger partial charge is 0.107 e. The molecule has 1 saturated heterocycles. The van der Waals surface area contributed by atoms with Gasteiger partial charge in [0.05, 0.1) is 19.3 Å². The van der Waals surface area contributed by atoms with Crippen LogP contribution in [0, 0.1) is 0 Å². The Morgan fingerprint density at radius 2 is 2.19 bits per heavy atom. The van der Waals surface area contributed by atoms with Gasteiger partial charge in [-0.15, -0.1) is 11.8 Å². The average molecular weight is 326 g/mol. The molecule has 1 aliphatic rings. The number of thioether (sulfide) groups is 1. The van der Waals surface area contributed by atoms with Crippen LogP contribution >= 0.6 is 24.0 Å². The van der Waals surface area contributed by atoms with Crippen molar-refractivity contribution in [1.82, 2.24) is 0 Å². The minimum atomic E-state index is 0.0849. The Morgan fingerprint density at radius 1 is 1.48 bits per heavy atom. The molecule has 0 spiro atoms. The number of piperidine rings is 1. The summed E-state index contributed by atoms with van der Waals surface area (Å²) in [6.45, 7) is 2.35. The minimum Gasteiger partial charge on any atom is -0.394 e. The lowest BCUT2D eigenvalue weighted by Gasteiger charge is -2.35. The number of aliphatic hydroxyl groups is 1. The molecule has 3 N–H and O–H groups in total. The van der Waals surface area contributed by atoms with E-state index in [9.17, 15) is 0 Å². The molecular formula is C15H22N2O2S2. The van der Waals surface area contributed by atoms with Crippen molar-refractivity contribution in [3.63, 3.8) is 0 Å². The first-order valence-electron chi connectivity index (χ1n) is 7.11. The summed E-state index contributed by atoms with van der Waals surface area (Å²) < 4.78 is 5.61. The van der Waals surface area contributed by atoms with E-state index in [0.29, 0.717) is 11.6 Å². The number of nitrogens with zero attached hydrogens (tertiary/aromatic N) is 1. The van der Waals surface area contributed by atoms with Gasteiger partial charge in [0.25, 0.3) is 0 Å². The van der Waals surface area contributed by atoms with Crippen LogP contribution in [-0.4, -0.2) is 48.8 Å². The maximum atomic E-state index is 8.82. The third-order valence-corrected chi connectivity index (χ3v) is 4.68. The second-order valence-electron chi connectivity index (χ2n) is 5.00. The number of benzene rings is 1. The van der Waals surface area contributed by atoms with Gasteiger partial charge in [0, 0.05) is 29.2 Å². The molecule has 1 aromatic carbocycles. The normalized spacial score (nSPS) is 16.2. The van der Waals surface area contributed by atoms with E-state index in [1.165, 1.54) is 0 Å². The first kappa shape index (κ1) is 16.5. The van der Waals surface area contributed by atoms with Crippen molar-refractivity contribution >= 4 is 34.7 Å². The van der Waals surface area contributed by atoms with Crippen LogP contribution in [-0.2, 0) is 4.74 Å². The monoisotopic (exact) mass is 326 g/mol. The molecule has 0 radical (unpaired) electrons. The SMILES string of the molecule is CSc1cccc(N2CCC(OCCO)CC2)c1C(N)=S. The van der Waals surface area contributed by atoms with Gasteiger partial charge in [0.2, 0.25) is 0 Å². The number of aliphatic hydroxyl groups excluding tert-OH is 1. The van der Waals surface area contributed by atoms with Crippen molar-refractivity contribution in [1.29, 1.82) is 0 Å². The van der Waals surface area contributed by atoms with Gasteiger partial charge in [-0.1, -0.05) is 18.3 Å². The summed E-state index contributed by atoms with van der Waals surface area (Å²) >= 11 is 6.91. The molecule has 1 fully saturated rings. The number of thiocarbonyl (C=S) groups is 1. The Morgan fingerprint density at radius 3 is 2.76 bits per heavy atom. The van der Waals surface area contributed by atoms with Crippen LogP contribution in [0.25, 0.3) is 0 Å². The Labute approximate surface area is 135 Å². The number of rotatable bonds is 6. The fraction of sp³-hybridized carbons (Fsp3) is 0.533. The molecular weight excluding hydrogens is 304 g/mol. The molecule has 6 heteroatoms. The largest absolute Gasteiger partial charge is 0.394 e. The van der Waals surface area contributed by atoms with E-state index in [1.807, 2.05) is 6.26 Å². The highest BCUT2D eigenvalue weighted by atomic mass is 32.2. The molecule has 21 heavy (non-hydrogen) atoms. The van der Waals surface area contributed by atoms with E-state index in [0.717, 1.165) is 42.1 Å². The summed E-state index contributed by atoms with van der Waals surface area (Å²) in [7, 11) is 0. The predicted molar refractivity (Wildman–Crippen MR) is 92.4 cm³/mol. The van der Waals surface area contributed by atoms with Crippen molar-refractivity contribution in [2.45, 2.75) is 23.8 Å². The lowest BCUT2D eigenvalue weighted by molar-refractivity contribution is 0.0159. The fourth-order valence-electron chi connectivity index (χ4n) is 2.68. The standard InChI is InChI=1S/C15H22N2O2S2/c1-21-13-4-2-3-12(14(13)15(16)20)17-7-5-11(6-8-17)19-10-9-18/h2-4,11,18H,5-10H2,1H3,(H2,16,20). The van der Waals surface area contributed by atoms with Crippen molar-refractivity contribution in [2.75, 3.05) is 37.5 Å². The van der Waals surface area contributed by atoms with E-state index in [4.69, 9.17) is 27.8 Å². The summed E-state index contributed by atoms with van der Waals surface area (Å²) in [5, 5.41) is 8.82. The van der Waals surface area contributed by atoms with Crippen LogP contribution in [0.5, 0.6) is 0 Å². The van der Waals surface area contributed by atoms with Gasteiger partial charge >= 0.3 is 0 Å². The molecule has 1 aliphatic heterocycles. The molecule has 0 saturated carbocycles. The average Bonchev–Trinajstić information content (AvgIpc) is 2.52. The zero-order chi connectivity index (χ0) is 15.2. The molecule has 1 aromatic rings. The first-order chi connectivity index (χ1) is 10.2. The molecule has 2 rings (SSSR count). The zero-order valence-electron chi connectivity index (χ0n) is 12.2. The van der Waals surface area contributed by atoms with Crippen LogP contribution in [0.1, 0.15) is 18.4 Å². The third kappa shape index (κ3) is 4.10. The van der Waals surface area contributed by atoms with Gasteiger partial charge in [-0.25, -0.2) is 0 Å². The predicted octanol–water partition coefficient (Wildman–Crippen LogP) is 2.02. The molecule has 0 bridgehead atoms. The number of nitrogens with two attached hydrogens (primary N) is 1. The van der Waals surface area contributed by atoms with E-state index >= 15 is 0 Å². The molecule has 0 unspecified atom stereocenters. The lowest BCUT2D eigenvalue weighted by Crippen LogP contribution is -2.38. The maximum Gasteiger partial charge on any atom is 0.107 e. The summed E-state index contributed by atoms with van der Waals surface area (Å²) in [5.74, 6) is 0. The van der Waals surface area contributed by atoms with Crippen molar-refractivity contribution < 1.29 is 9.84 Å². The van der Waals surface area contributed by atoms with Crippen LogP contribution in [0.2, 0.25) is 0 Å². The maximum absolute atomic E-state index is 8.82. The number of anilines is 1. The van der Waals surface area contributed by atoms with E-state index in [-0.39, 0.29) is 12.7 Å². The Balaban J connectivity index is 2.11. The molecule has 4 nitrogen and oxygen atoms in total. The topological polar surface area (TPSA) is 58.7 Å². The summed E-state index contributed by atoms with van der Waals surface area (Å²) in [4.78, 5) is 3.90. The van der Waals surface area contributed by atoms with E-state index < -0.39 is 0 Å². The van der Waals surface area contributed by atoms with Crippen LogP contribution in [0.4, 0.5) is 5.69 Å². The van der Waals surface area contributed by atoms with Crippen LogP contribution in [0.15, 0.2) is 23.1 Å². The number of hydrogen-bond donors (Lipinski definition) is 2. The fourth-order valence-corrected chi connectivity index (χ4v) is 3.60. The Kier molecular flexibility index (Phi) is 6.29. The van der Waals surface area contributed by atoms with Gasteiger partial charge in [0.1, 0.15) is 4.99 Å². The molecule has 0 amide bonds. The van der Waals surface area contributed by atoms with Crippen LogP contribution in [0.3, 0.4) is 0 Å². The zero-order valence-corrected chi connectivity index (χ0v) is 13.9. The number of hydrogen-bond acceptors (Lipinski definition) is 5. The Bertz CT molecular complexity index is 489. The third-order valence-electron chi connectivity index (χ3n) is 3.70. The van der Waals surface area contributed by atoms with Gasteiger partial charge in [-0.05, 0) is 31.2 Å². The highest BCUT2D eigenvalue weighted by molar-refractivity contribution is 7.98. The van der Waals surface area contributed by atoms with Gasteiger partial charge < -0.3 is 20.5 Å². The Hall–Kier alpha value is -0.820. The van der Waals surface area contributed by atoms with Gasteiger partial charge in [-0.3, -0.25) is 0 Å². The first-order valence-corrected chi connectivity index (χ1v) is 8.75. The van der Waals surface area contributed by atoms with Crippen molar-refractivity contribution in [3.8, 4) is 0 Å². The highest BCUT2D eigenvalue weighted by Gasteiger charge is 2.23. The molecule has 1 heterocycles. The summed E-state index contributed by atoms with van der Waals surface area (Å²) in [5.41, 5.74) is 8.03. The van der Waals surface area contributed by atoms with Crippen molar-refractivity contribution in [3.05, 3.63) is 23.8 Å². The van der Waals surface area contributed by atoms with Crippen LogP contribution < -0.4 is 10.6 Å². The minimum absolute atomic E-state index is 0.0849. The van der Waals surface area contributed by atoms with Gasteiger partial charge in [-0.2, -0.15) is 0 Å². The molecule has 0 aliphatic carbocycles. The lowest BCUT2D eigenvalue weighted by atomic mass is 10.0. The second kappa shape index (κ2) is 7.98. The van der Waals surface area contributed by atoms with E-state index in [2.05, 4.69) is 23.1 Å². The quantitative estimate of drug-likeness (QED) is 0.616. The second-order valence-corrected chi connectivity index (χ2v) is 6.29. The molecule has 0 aromatic heterocycles. The summed E-state index contributed by atoms with van der Waals surface area (Å²) in [6.07, 6.45) is 4.20. The number of ether oxygens (including phenoxy) is 1. The molecule has 116 valence electrons. The van der Waals surface area contributed by atoms with E-state index in [1.54, 1.807) is 11.8 Å².